The minimum Gasteiger partial charge on any atom is -0.497 e. The first-order valence-corrected chi connectivity index (χ1v) is 9.42. The van der Waals surface area contributed by atoms with E-state index >= 15 is 0 Å². The maximum absolute atomic E-state index is 12.5. The van der Waals surface area contributed by atoms with Crippen LogP contribution in [0.25, 0.3) is 0 Å². The van der Waals surface area contributed by atoms with Crippen LogP contribution in [-0.4, -0.2) is 55.7 Å². The van der Waals surface area contributed by atoms with E-state index in [0.717, 1.165) is 31.4 Å². The largest absolute Gasteiger partial charge is 0.497 e. The summed E-state index contributed by atoms with van der Waals surface area (Å²) in [6.45, 7) is 2.45. The summed E-state index contributed by atoms with van der Waals surface area (Å²) in [6.07, 6.45) is 4.31. The Morgan fingerprint density at radius 3 is 2.69 bits per heavy atom. The number of rotatable bonds is 5. The van der Waals surface area contributed by atoms with E-state index in [2.05, 4.69) is 5.32 Å². The monoisotopic (exact) mass is 360 g/mol. The van der Waals surface area contributed by atoms with Crippen molar-refractivity contribution in [1.82, 2.24) is 10.2 Å². The minimum absolute atomic E-state index is 0.0545. The standard InChI is InChI=1S/C20H28N2O4/c1-25-17-7-5-16(6-8-17)3-2-4-19(24)22-12-10-20(11-13-22)15-21-18(23)9-14-26-20/h5-8H,2-4,9-15H2,1H3,(H,21,23). The second-order valence-corrected chi connectivity index (χ2v) is 7.14. The smallest absolute Gasteiger partial charge is 0.222 e. The van der Waals surface area contributed by atoms with E-state index < -0.39 is 0 Å². The molecular weight excluding hydrogens is 332 g/mol. The molecule has 2 aliphatic rings. The third-order valence-electron chi connectivity index (χ3n) is 5.39. The van der Waals surface area contributed by atoms with Crippen molar-refractivity contribution >= 4 is 11.8 Å². The van der Waals surface area contributed by atoms with E-state index in [9.17, 15) is 9.59 Å². The zero-order valence-electron chi connectivity index (χ0n) is 15.5. The first kappa shape index (κ1) is 18.7. The number of piperidine rings is 1. The number of nitrogens with one attached hydrogen (secondary N) is 1. The fraction of sp³-hybridized carbons (Fsp3) is 0.600. The van der Waals surface area contributed by atoms with E-state index in [1.165, 1.54) is 5.56 Å². The van der Waals surface area contributed by atoms with Crippen LogP contribution in [0.1, 0.15) is 37.7 Å². The van der Waals surface area contributed by atoms with E-state index in [4.69, 9.17) is 9.47 Å². The van der Waals surface area contributed by atoms with Crippen molar-refractivity contribution in [3.05, 3.63) is 29.8 Å². The molecule has 2 fully saturated rings. The lowest BCUT2D eigenvalue weighted by Gasteiger charge is -2.40. The molecule has 1 aromatic rings. The van der Waals surface area contributed by atoms with Gasteiger partial charge in [0.05, 0.1) is 19.3 Å². The van der Waals surface area contributed by atoms with Gasteiger partial charge in [-0.15, -0.1) is 0 Å². The zero-order valence-corrected chi connectivity index (χ0v) is 15.5. The lowest BCUT2D eigenvalue weighted by atomic mass is 9.90. The molecular formula is C20H28N2O4. The van der Waals surface area contributed by atoms with Crippen molar-refractivity contribution in [3.63, 3.8) is 0 Å². The molecule has 2 heterocycles. The Morgan fingerprint density at radius 2 is 2.00 bits per heavy atom. The highest BCUT2D eigenvalue weighted by Crippen LogP contribution is 2.28. The summed E-state index contributed by atoms with van der Waals surface area (Å²) in [5.41, 5.74) is 0.935. The van der Waals surface area contributed by atoms with Crippen molar-refractivity contribution in [2.24, 2.45) is 0 Å². The van der Waals surface area contributed by atoms with Crippen LogP contribution in [0, 0.1) is 0 Å². The number of hydrogen-bond donors (Lipinski definition) is 1. The molecule has 0 aromatic heterocycles. The van der Waals surface area contributed by atoms with Gasteiger partial charge in [-0.2, -0.15) is 0 Å². The lowest BCUT2D eigenvalue weighted by molar-refractivity contribution is -0.137. The summed E-state index contributed by atoms with van der Waals surface area (Å²) in [7, 11) is 1.66. The van der Waals surface area contributed by atoms with Crippen molar-refractivity contribution < 1.29 is 19.1 Å². The number of benzene rings is 1. The molecule has 0 radical (unpaired) electrons. The number of aryl methyl sites for hydroxylation is 1. The highest BCUT2D eigenvalue weighted by molar-refractivity contribution is 5.77. The Kier molecular flexibility index (Phi) is 6.14. The quantitative estimate of drug-likeness (QED) is 0.871. The van der Waals surface area contributed by atoms with Gasteiger partial charge in [-0.05, 0) is 43.4 Å². The summed E-state index contributed by atoms with van der Waals surface area (Å²) in [4.78, 5) is 25.9. The van der Waals surface area contributed by atoms with Gasteiger partial charge in [0.15, 0.2) is 0 Å². The maximum Gasteiger partial charge on any atom is 0.222 e. The molecule has 0 atom stereocenters. The Hall–Kier alpha value is -2.08. The molecule has 0 aliphatic carbocycles. The Bertz CT molecular complexity index is 621. The van der Waals surface area contributed by atoms with Gasteiger partial charge in [0.1, 0.15) is 5.75 Å². The van der Waals surface area contributed by atoms with Gasteiger partial charge in [-0.3, -0.25) is 9.59 Å². The van der Waals surface area contributed by atoms with Crippen LogP contribution in [0.3, 0.4) is 0 Å². The molecule has 1 aromatic carbocycles. The van der Waals surface area contributed by atoms with Crippen LogP contribution in [0.4, 0.5) is 0 Å². The highest BCUT2D eigenvalue weighted by atomic mass is 16.5. The fourth-order valence-corrected chi connectivity index (χ4v) is 3.64. The van der Waals surface area contributed by atoms with Crippen LogP contribution in [0.2, 0.25) is 0 Å². The van der Waals surface area contributed by atoms with Gasteiger partial charge < -0.3 is 19.7 Å². The van der Waals surface area contributed by atoms with Gasteiger partial charge in [0.2, 0.25) is 11.8 Å². The van der Waals surface area contributed by atoms with Crippen LogP contribution in [0.5, 0.6) is 5.75 Å². The van der Waals surface area contributed by atoms with Crippen LogP contribution < -0.4 is 10.1 Å². The van der Waals surface area contributed by atoms with E-state index in [1.54, 1.807) is 7.11 Å². The molecule has 2 amide bonds. The highest BCUT2D eigenvalue weighted by Gasteiger charge is 2.38. The minimum atomic E-state index is -0.286. The number of methoxy groups -OCH3 is 1. The molecule has 6 heteroatoms. The van der Waals surface area contributed by atoms with Crippen LogP contribution in [-0.2, 0) is 20.7 Å². The predicted octanol–water partition coefficient (Wildman–Crippen LogP) is 1.92. The summed E-state index contributed by atoms with van der Waals surface area (Å²) in [6, 6.07) is 8.00. The van der Waals surface area contributed by atoms with E-state index in [-0.39, 0.29) is 17.4 Å². The number of carbonyl (C=O) groups is 2. The van der Waals surface area contributed by atoms with Crippen molar-refractivity contribution in [1.29, 1.82) is 0 Å². The predicted molar refractivity (Wildman–Crippen MR) is 98.1 cm³/mol. The average molecular weight is 360 g/mol. The SMILES string of the molecule is COc1ccc(CCCC(=O)N2CCC3(CC2)CNC(=O)CCO3)cc1. The van der Waals surface area contributed by atoms with E-state index in [0.29, 0.717) is 39.1 Å². The number of likely N-dealkylation sites (tertiary alicyclic amines) is 1. The van der Waals surface area contributed by atoms with Gasteiger partial charge in [-0.1, -0.05) is 12.1 Å². The molecule has 2 saturated heterocycles. The molecule has 26 heavy (non-hydrogen) atoms. The average Bonchev–Trinajstić information content (AvgIpc) is 2.85. The lowest BCUT2D eigenvalue weighted by Crippen LogP contribution is -2.52. The Labute approximate surface area is 154 Å². The van der Waals surface area contributed by atoms with Crippen molar-refractivity contribution in [2.45, 2.75) is 44.1 Å². The van der Waals surface area contributed by atoms with Gasteiger partial charge >= 0.3 is 0 Å². The molecule has 3 rings (SSSR count). The topological polar surface area (TPSA) is 67.9 Å². The first-order chi connectivity index (χ1) is 12.6. The number of ether oxygens (including phenoxy) is 2. The second kappa shape index (κ2) is 8.54. The molecule has 1 spiro atoms. The second-order valence-electron chi connectivity index (χ2n) is 7.14. The summed E-state index contributed by atoms with van der Waals surface area (Å²) in [5.74, 6) is 1.12. The molecule has 0 saturated carbocycles. The number of hydrogen-bond acceptors (Lipinski definition) is 4. The third kappa shape index (κ3) is 4.75. The van der Waals surface area contributed by atoms with Crippen molar-refractivity contribution in [3.8, 4) is 5.75 Å². The van der Waals surface area contributed by atoms with Gasteiger partial charge in [-0.25, -0.2) is 0 Å². The maximum atomic E-state index is 12.5. The molecule has 2 aliphatic heterocycles. The van der Waals surface area contributed by atoms with Crippen molar-refractivity contribution in [2.75, 3.05) is 33.4 Å². The normalized spacial score (nSPS) is 19.7. The van der Waals surface area contributed by atoms with E-state index in [1.807, 2.05) is 29.2 Å². The summed E-state index contributed by atoms with van der Waals surface area (Å²) < 4.78 is 11.1. The molecule has 0 bridgehead atoms. The molecule has 6 nitrogen and oxygen atoms in total. The summed E-state index contributed by atoms with van der Waals surface area (Å²) in [5, 5.41) is 2.93. The Morgan fingerprint density at radius 1 is 1.27 bits per heavy atom. The first-order valence-electron chi connectivity index (χ1n) is 9.42. The molecule has 142 valence electrons. The Balaban J connectivity index is 1.41. The summed E-state index contributed by atoms with van der Waals surface area (Å²) >= 11 is 0. The molecule has 1 N–H and O–H groups in total. The van der Waals surface area contributed by atoms with Crippen LogP contribution >= 0.6 is 0 Å². The zero-order chi connectivity index (χ0) is 18.4. The number of nitrogens with zero attached hydrogens (tertiary/aromatic N) is 1. The number of carbonyl (C=O) groups excluding carboxylic acids is 2. The van der Waals surface area contributed by atoms with Crippen LogP contribution in [0.15, 0.2) is 24.3 Å². The number of amides is 2. The van der Waals surface area contributed by atoms with Gasteiger partial charge in [0.25, 0.3) is 0 Å². The van der Waals surface area contributed by atoms with Gasteiger partial charge in [0, 0.05) is 32.5 Å². The third-order valence-corrected chi connectivity index (χ3v) is 5.39. The molecule has 0 unspecified atom stereocenters. The fourth-order valence-electron chi connectivity index (χ4n) is 3.64.